The van der Waals surface area contributed by atoms with Crippen molar-refractivity contribution in [3.8, 4) is 0 Å². The van der Waals surface area contributed by atoms with Crippen LogP contribution < -0.4 is 10.8 Å². The van der Waals surface area contributed by atoms with E-state index in [1.165, 1.54) is 4.88 Å². The van der Waals surface area contributed by atoms with E-state index < -0.39 is 18.6 Å². The Kier molecular flexibility index (Phi) is 5.30. The zero-order valence-corrected chi connectivity index (χ0v) is 9.25. The number of hydrogen-bond acceptors (Lipinski definition) is 4. The third-order valence-electron chi connectivity index (χ3n) is 1.60. The van der Waals surface area contributed by atoms with Gasteiger partial charge in [-0.25, -0.2) is 15.1 Å². The number of amides is 2. The fourth-order valence-corrected chi connectivity index (χ4v) is 1.66. The van der Waals surface area contributed by atoms with Crippen LogP contribution in [-0.2, 0) is 16.1 Å². The summed E-state index contributed by atoms with van der Waals surface area (Å²) in [7, 11) is 0. The molecular weight excluding hydrogens is 232 g/mol. The Labute approximate surface area is 96.2 Å². The standard InChI is InChI=1S/C9H12N2O4S/c12-8(13)6-15-11-9(14)10-4-3-7-2-1-5-16-7/h1-2,5H,3-4,6H2,(H,12,13)(H2,10,11,14). The lowest BCUT2D eigenvalue weighted by Gasteiger charge is -2.05. The Hall–Kier alpha value is -1.60. The van der Waals surface area contributed by atoms with Gasteiger partial charge in [-0.15, -0.1) is 11.3 Å². The van der Waals surface area contributed by atoms with Gasteiger partial charge in [0.15, 0.2) is 6.61 Å². The van der Waals surface area contributed by atoms with Crippen molar-refractivity contribution in [1.29, 1.82) is 0 Å². The Bertz CT molecular complexity index is 339. The summed E-state index contributed by atoms with van der Waals surface area (Å²) in [5.74, 6) is -1.14. The van der Waals surface area contributed by atoms with E-state index in [-0.39, 0.29) is 0 Å². The molecule has 0 aromatic carbocycles. The van der Waals surface area contributed by atoms with Gasteiger partial charge in [0.2, 0.25) is 0 Å². The summed E-state index contributed by atoms with van der Waals surface area (Å²) in [6.07, 6.45) is 0.740. The zero-order chi connectivity index (χ0) is 11.8. The second-order valence-corrected chi connectivity index (χ2v) is 3.90. The number of carboxylic acids is 1. The number of carbonyl (C=O) groups excluding carboxylic acids is 1. The first-order chi connectivity index (χ1) is 7.68. The second-order valence-electron chi connectivity index (χ2n) is 2.87. The molecule has 16 heavy (non-hydrogen) atoms. The summed E-state index contributed by atoms with van der Waals surface area (Å²) in [5.41, 5.74) is 1.97. The first kappa shape index (κ1) is 12.5. The SMILES string of the molecule is O=C(O)CONC(=O)NCCc1cccs1. The van der Waals surface area contributed by atoms with Gasteiger partial charge in [-0.1, -0.05) is 6.07 Å². The average molecular weight is 244 g/mol. The normalized spacial score (nSPS) is 9.75. The fraction of sp³-hybridized carbons (Fsp3) is 0.333. The molecule has 0 radical (unpaired) electrons. The van der Waals surface area contributed by atoms with E-state index in [9.17, 15) is 9.59 Å². The van der Waals surface area contributed by atoms with Crippen LogP contribution in [0.15, 0.2) is 17.5 Å². The summed E-state index contributed by atoms with van der Waals surface area (Å²) in [6.45, 7) is -0.0822. The molecule has 6 nitrogen and oxygen atoms in total. The van der Waals surface area contributed by atoms with Gasteiger partial charge in [0.05, 0.1) is 0 Å². The smallest absolute Gasteiger partial charge is 0.338 e. The predicted octanol–water partition coefficient (Wildman–Crippen LogP) is 0.606. The van der Waals surface area contributed by atoms with Crippen molar-refractivity contribution in [2.45, 2.75) is 6.42 Å². The van der Waals surface area contributed by atoms with Crippen molar-refractivity contribution in [3.05, 3.63) is 22.4 Å². The van der Waals surface area contributed by atoms with Gasteiger partial charge in [-0.3, -0.25) is 4.84 Å². The maximum Gasteiger partial charge on any atom is 0.338 e. The van der Waals surface area contributed by atoms with Crippen molar-refractivity contribution in [2.75, 3.05) is 13.2 Å². The third kappa shape index (κ3) is 5.32. The highest BCUT2D eigenvalue weighted by atomic mass is 32.1. The predicted molar refractivity (Wildman–Crippen MR) is 58.1 cm³/mol. The maximum atomic E-state index is 11.0. The number of hydroxylamine groups is 1. The summed E-state index contributed by atoms with van der Waals surface area (Å²) in [6, 6.07) is 3.37. The van der Waals surface area contributed by atoms with Crippen molar-refractivity contribution in [2.24, 2.45) is 0 Å². The second kappa shape index (κ2) is 6.81. The molecule has 88 valence electrons. The number of rotatable bonds is 6. The molecule has 1 aromatic rings. The van der Waals surface area contributed by atoms with Crippen LogP contribution in [0.5, 0.6) is 0 Å². The number of carbonyl (C=O) groups is 2. The molecular formula is C9H12N2O4S. The van der Waals surface area contributed by atoms with Crippen LogP contribution in [-0.4, -0.2) is 30.3 Å². The van der Waals surface area contributed by atoms with E-state index in [0.717, 1.165) is 6.42 Å². The van der Waals surface area contributed by atoms with E-state index in [0.29, 0.717) is 6.54 Å². The maximum absolute atomic E-state index is 11.0. The molecule has 0 aliphatic heterocycles. The van der Waals surface area contributed by atoms with E-state index in [1.807, 2.05) is 23.0 Å². The van der Waals surface area contributed by atoms with Gasteiger partial charge in [0, 0.05) is 11.4 Å². The first-order valence-electron chi connectivity index (χ1n) is 4.58. The Morgan fingerprint density at radius 1 is 1.50 bits per heavy atom. The summed E-state index contributed by atoms with van der Waals surface area (Å²) >= 11 is 1.62. The molecule has 0 spiro atoms. The molecule has 3 N–H and O–H groups in total. The Balaban J connectivity index is 2.04. The van der Waals surface area contributed by atoms with Crippen LogP contribution in [0.4, 0.5) is 4.79 Å². The van der Waals surface area contributed by atoms with E-state index in [4.69, 9.17) is 5.11 Å². The van der Waals surface area contributed by atoms with Crippen molar-refractivity contribution in [3.63, 3.8) is 0 Å². The lowest BCUT2D eigenvalue weighted by Crippen LogP contribution is -2.37. The molecule has 7 heteroatoms. The topological polar surface area (TPSA) is 87.7 Å². The van der Waals surface area contributed by atoms with Crippen LogP contribution in [0, 0.1) is 0 Å². The lowest BCUT2D eigenvalue weighted by molar-refractivity contribution is -0.144. The van der Waals surface area contributed by atoms with Crippen LogP contribution >= 0.6 is 11.3 Å². The molecule has 1 heterocycles. The van der Waals surface area contributed by atoms with Crippen molar-refractivity contribution >= 4 is 23.3 Å². The molecule has 0 fully saturated rings. The lowest BCUT2D eigenvalue weighted by atomic mass is 10.3. The number of thiophene rings is 1. The molecule has 1 aromatic heterocycles. The molecule has 2 amide bonds. The Morgan fingerprint density at radius 3 is 2.94 bits per heavy atom. The van der Waals surface area contributed by atoms with Crippen LogP contribution in [0.2, 0.25) is 0 Å². The minimum absolute atomic E-state index is 0.475. The number of urea groups is 1. The molecule has 0 bridgehead atoms. The highest BCUT2D eigenvalue weighted by Crippen LogP contribution is 2.07. The molecule has 0 aliphatic rings. The highest BCUT2D eigenvalue weighted by Gasteiger charge is 2.02. The van der Waals surface area contributed by atoms with Crippen molar-refractivity contribution in [1.82, 2.24) is 10.8 Å². The average Bonchev–Trinajstić information content (AvgIpc) is 2.70. The minimum atomic E-state index is -1.14. The molecule has 0 saturated carbocycles. The van der Waals surface area contributed by atoms with E-state index >= 15 is 0 Å². The number of nitrogens with one attached hydrogen (secondary N) is 2. The molecule has 0 atom stereocenters. The van der Waals surface area contributed by atoms with E-state index in [1.54, 1.807) is 11.3 Å². The molecule has 0 aliphatic carbocycles. The summed E-state index contributed by atoms with van der Waals surface area (Å²) in [4.78, 5) is 26.6. The number of carboxylic acid groups (broad SMARTS) is 1. The number of hydrogen-bond donors (Lipinski definition) is 3. The van der Waals surface area contributed by atoms with Gasteiger partial charge >= 0.3 is 12.0 Å². The summed E-state index contributed by atoms with van der Waals surface area (Å²) in [5, 5.41) is 12.7. The quantitative estimate of drug-likeness (QED) is 0.640. The number of aliphatic carboxylic acids is 1. The highest BCUT2D eigenvalue weighted by molar-refractivity contribution is 7.09. The van der Waals surface area contributed by atoms with Gasteiger partial charge in [-0.2, -0.15) is 0 Å². The van der Waals surface area contributed by atoms with Crippen molar-refractivity contribution < 1.29 is 19.5 Å². The molecule has 1 rings (SSSR count). The Morgan fingerprint density at radius 2 is 2.31 bits per heavy atom. The molecule has 0 unspecified atom stereocenters. The summed E-state index contributed by atoms with van der Waals surface area (Å²) < 4.78 is 0. The molecule has 0 saturated heterocycles. The third-order valence-corrected chi connectivity index (χ3v) is 2.53. The van der Waals surface area contributed by atoms with Gasteiger partial charge < -0.3 is 10.4 Å². The van der Waals surface area contributed by atoms with E-state index in [2.05, 4.69) is 10.2 Å². The first-order valence-corrected chi connectivity index (χ1v) is 5.46. The van der Waals surface area contributed by atoms with Crippen LogP contribution in [0.3, 0.4) is 0 Å². The minimum Gasteiger partial charge on any atom is -0.479 e. The van der Waals surface area contributed by atoms with Gasteiger partial charge in [0.25, 0.3) is 0 Å². The van der Waals surface area contributed by atoms with Gasteiger partial charge in [-0.05, 0) is 17.9 Å². The van der Waals surface area contributed by atoms with Gasteiger partial charge in [0.1, 0.15) is 0 Å². The zero-order valence-electron chi connectivity index (χ0n) is 8.43. The van der Waals surface area contributed by atoms with Crippen LogP contribution in [0.1, 0.15) is 4.88 Å². The largest absolute Gasteiger partial charge is 0.479 e. The fourth-order valence-electron chi connectivity index (χ4n) is 0.954. The van der Waals surface area contributed by atoms with Crippen LogP contribution in [0.25, 0.3) is 0 Å². The monoisotopic (exact) mass is 244 g/mol.